The van der Waals surface area contributed by atoms with Crippen LogP contribution in [-0.2, 0) is 11.2 Å². The molecule has 0 aliphatic carbocycles. The lowest BCUT2D eigenvalue weighted by molar-refractivity contribution is -0.393. The first kappa shape index (κ1) is 11.0. The number of rotatable bonds is 2. The summed E-state index contributed by atoms with van der Waals surface area (Å²) in [5.74, 6) is -0.325. The standard InChI is InChI=1S/C9H7N3O5/c13-8-2-1-5-3-6(11(14)15)4-7(12(16)17)9(5)10-8/h3-4H,1-2H2,(H,10,13). The molecule has 0 spiro atoms. The van der Waals surface area contributed by atoms with Gasteiger partial charge in [-0.3, -0.25) is 25.0 Å². The van der Waals surface area contributed by atoms with Gasteiger partial charge in [0.2, 0.25) is 5.91 Å². The Hall–Kier alpha value is -2.51. The third kappa shape index (κ3) is 1.92. The van der Waals surface area contributed by atoms with E-state index in [1.54, 1.807) is 0 Å². The average Bonchev–Trinajstić information content (AvgIpc) is 2.27. The fraction of sp³-hybridized carbons (Fsp3) is 0.222. The molecular weight excluding hydrogens is 230 g/mol. The predicted molar refractivity (Wildman–Crippen MR) is 56.7 cm³/mol. The number of nitro groups is 2. The van der Waals surface area contributed by atoms with E-state index in [4.69, 9.17) is 0 Å². The van der Waals surface area contributed by atoms with Crippen molar-refractivity contribution in [2.45, 2.75) is 12.8 Å². The quantitative estimate of drug-likeness (QED) is 0.616. The van der Waals surface area contributed by atoms with Crippen molar-refractivity contribution in [3.05, 3.63) is 37.9 Å². The minimum atomic E-state index is -0.739. The lowest BCUT2D eigenvalue weighted by Crippen LogP contribution is -2.20. The number of benzene rings is 1. The molecule has 1 N–H and O–H groups in total. The Bertz CT molecular complexity index is 540. The Kier molecular flexibility index (Phi) is 2.47. The smallest absolute Gasteiger partial charge is 0.299 e. The first-order valence-corrected chi connectivity index (χ1v) is 4.74. The van der Waals surface area contributed by atoms with E-state index < -0.39 is 15.5 Å². The number of hydrogen-bond acceptors (Lipinski definition) is 5. The van der Waals surface area contributed by atoms with Gasteiger partial charge in [-0.2, -0.15) is 0 Å². The van der Waals surface area contributed by atoms with Gasteiger partial charge < -0.3 is 5.32 Å². The van der Waals surface area contributed by atoms with Gasteiger partial charge in [0.15, 0.2) is 0 Å². The number of fused-ring (bicyclic) bond motifs is 1. The van der Waals surface area contributed by atoms with Crippen molar-refractivity contribution >= 4 is 23.0 Å². The Morgan fingerprint density at radius 1 is 1.12 bits per heavy atom. The van der Waals surface area contributed by atoms with Gasteiger partial charge in [0.1, 0.15) is 5.69 Å². The Morgan fingerprint density at radius 2 is 1.82 bits per heavy atom. The second kappa shape index (κ2) is 3.81. The third-order valence-corrected chi connectivity index (χ3v) is 2.48. The van der Waals surface area contributed by atoms with Gasteiger partial charge in [-0.05, 0) is 12.0 Å². The summed E-state index contributed by atoms with van der Waals surface area (Å²) in [6, 6.07) is 2.10. The normalized spacial score (nSPS) is 13.8. The second-order valence-corrected chi connectivity index (χ2v) is 3.56. The number of nitrogens with zero attached hydrogens (tertiary/aromatic N) is 2. The molecule has 0 unspecified atom stereocenters. The van der Waals surface area contributed by atoms with Crippen LogP contribution in [0.1, 0.15) is 12.0 Å². The highest BCUT2D eigenvalue weighted by atomic mass is 16.6. The van der Waals surface area contributed by atoms with E-state index >= 15 is 0 Å². The Morgan fingerprint density at radius 3 is 2.41 bits per heavy atom. The Balaban J connectivity index is 2.63. The van der Waals surface area contributed by atoms with Crippen LogP contribution in [-0.4, -0.2) is 15.8 Å². The minimum absolute atomic E-state index is 0.0665. The zero-order chi connectivity index (χ0) is 12.6. The summed E-state index contributed by atoms with van der Waals surface area (Å²) < 4.78 is 0. The molecule has 1 amide bonds. The third-order valence-electron chi connectivity index (χ3n) is 2.48. The van der Waals surface area contributed by atoms with E-state index in [9.17, 15) is 25.0 Å². The molecule has 0 atom stereocenters. The van der Waals surface area contributed by atoms with Crippen molar-refractivity contribution in [1.29, 1.82) is 0 Å². The van der Waals surface area contributed by atoms with Gasteiger partial charge in [0.05, 0.1) is 15.9 Å². The number of non-ortho nitro benzene ring substituents is 1. The molecule has 0 radical (unpaired) electrons. The lowest BCUT2D eigenvalue weighted by atomic mass is 10.0. The van der Waals surface area contributed by atoms with Crippen molar-refractivity contribution < 1.29 is 14.6 Å². The maximum atomic E-state index is 11.2. The summed E-state index contributed by atoms with van der Waals surface area (Å²) >= 11 is 0. The van der Waals surface area contributed by atoms with Crippen molar-refractivity contribution in [3.63, 3.8) is 0 Å². The van der Waals surface area contributed by atoms with Crippen molar-refractivity contribution in [2.24, 2.45) is 0 Å². The number of amides is 1. The summed E-state index contributed by atoms with van der Waals surface area (Å²) in [6.45, 7) is 0. The molecular formula is C9H7N3O5. The molecule has 2 rings (SSSR count). The van der Waals surface area contributed by atoms with Crippen LogP contribution < -0.4 is 5.32 Å². The van der Waals surface area contributed by atoms with Crippen molar-refractivity contribution in [3.8, 4) is 0 Å². The number of anilines is 1. The van der Waals surface area contributed by atoms with Crippen LogP contribution in [0, 0.1) is 20.2 Å². The molecule has 0 bridgehead atoms. The van der Waals surface area contributed by atoms with E-state index in [0.29, 0.717) is 5.56 Å². The summed E-state index contributed by atoms with van der Waals surface area (Å²) in [5, 5.41) is 23.8. The van der Waals surface area contributed by atoms with E-state index in [1.807, 2.05) is 0 Å². The SMILES string of the molecule is O=C1CCc2cc([N+](=O)[O-])cc([N+](=O)[O-])c2N1. The summed E-state index contributed by atoms with van der Waals surface area (Å²) in [5.41, 5.74) is -0.295. The van der Waals surface area contributed by atoms with Gasteiger partial charge in [-0.15, -0.1) is 0 Å². The van der Waals surface area contributed by atoms with E-state index in [0.717, 1.165) is 6.07 Å². The van der Waals surface area contributed by atoms with Crippen molar-refractivity contribution in [1.82, 2.24) is 0 Å². The van der Waals surface area contributed by atoms with Crippen LogP contribution in [0.4, 0.5) is 17.1 Å². The number of carbonyl (C=O) groups excluding carboxylic acids is 1. The molecule has 8 heteroatoms. The number of carbonyl (C=O) groups is 1. The molecule has 0 fully saturated rings. The zero-order valence-corrected chi connectivity index (χ0v) is 8.50. The van der Waals surface area contributed by atoms with Crippen LogP contribution >= 0.6 is 0 Å². The van der Waals surface area contributed by atoms with Gasteiger partial charge in [0, 0.05) is 12.5 Å². The topological polar surface area (TPSA) is 115 Å². The van der Waals surface area contributed by atoms with Gasteiger partial charge in [0.25, 0.3) is 11.4 Å². The maximum Gasteiger partial charge on any atom is 0.299 e. The number of hydrogen-bond donors (Lipinski definition) is 1. The molecule has 0 aromatic heterocycles. The van der Waals surface area contributed by atoms with E-state index in [2.05, 4.69) is 5.32 Å². The molecule has 0 saturated carbocycles. The highest BCUT2D eigenvalue weighted by Crippen LogP contribution is 2.36. The van der Waals surface area contributed by atoms with Crippen LogP contribution in [0.15, 0.2) is 12.1 Å². The van der Waals surface area contributed by atoms with E-state index in [-0.39, 0.29) is 30.1 Å². The highest BCUT2D eigenvalue weighted by Gasteiger charge is 2.28. The van der Waals surface area contributed by atoms with Crippen LogP contribution in [0.3, 0.4) is 0 Å². The summed E-state index contributed by atoms with van der Waals surface area (Å²) in [7, 11) is 0. The zero-order valence-electron chi connectivity index (χ0n) is 8.50. The van der Waals surface area contributed by atoms with Crippen LogP contribution in [0.25, 0.3) is 0 Å². The molecule has 17 heavy (non-hydrogen) atoms. The van der Waals surface area contributed by atoms with Crippen molar-refractivity contribution in [2.75, 3.05) is 5.32 Å². The molecule has 1 aromatic rings. The summed E-state index contributed by atoms with van der Waals surface area (Å²) in [6.07, 6.45) is 0.439. The first-order chi connectivity index (χ1) is 7.99. The number of nitrogens with one attached hydrogen (secondary N) is 1. The lowest BCUT2D eigenvalue weighted by Gasteiger charge is -2.15. The molecule has 1 aromatic carbocycles. The van der Waals surface area contributed by atoms with Gasteiger partial charge in [-0.1, -0.05) is 0 Å². The monoisotopic (exact) mass is 237 g/mol. The fourth-order valence-corrected chi connectivity index (χ4v) is 1.71. The highest BCUT2D eigenvalue weighted by molar-refractivity contribution is 5.97. The average molecular weight is 237 g/mol. The predicted octanol–water partition coefficient (Wildman–Crippen LogP) is 1.39. The Labute approximate surface area is 94.5 Å². The molecule has 88 valence electrons. The largest absolute Gasteiger partial charge is 0.320 e. The summed E-state index contributed by atoms with van der Waals surface area (Å²) in [4.78, 5) is 31.1. The number of nitro benzene ring substituents is 2. The maximum absolute atomic E-state index is 11.2. The second-order valence-electron chi connectivity index (χ2n) is 3.56. The minimum Gasteiger partial charge on any atom is -0.320 e. The molecule has 8 nitrogen and oxygen atoms in total. The van der Waals surface area contributed by atoms with Gasteiger partial charge >= 0.3 is 0 Å². The van der Waals surface area contributed by atoms with Crippen LogP contribution in [0.2, 0.25) is 0 Å². The number of aryl methyl sites for hydroxylation is 1. The molecule has 1 heterocycles. The van der Waals surface area contributed by atoms with Crippen LogP contribution in [0.5, 0.6) is 0 Å². The fourth-order valence-electron chi connectivity index (χ4n) is 1.71. The van der Waals surface area contributed by atoms with Gasteiger partial charge in [-0.25, -0.2) is 0 Å². The molecule has 1 aliphatic heterocycles. The molecule has 0 saturated heterocycles. The van der Waals surface area contributed by atoms with E-state index in [1.165, 1.54) is 6.07 Å². The first-order valence-electron chi connectivity index (χ1n) is 4.74. The molecule has 1 aliphatic rings.